The molecule has 164 valence electrons. The molecule has 0 amide bonds. The summed E-state index contributed by atoms with van der Waals surface area (Å²) in [5, 5.41) is 0. The molecule has 3 rings (SSSR count). The first kappa shape index (κ1) is 22.5. The Hall–Kier alpha value is -2.20. The molecule has 1 aromatic heterocycles. The van der Waals surface area contributed by atoms with Crippen LogP contribution in [0.5, 0.6) is 0 Å². The largest absolute Gasteiger partial charge is 0.469 e. The van der Waals surface area contributed by atoms with Crippen molar-refractivity contribution in [1.29, 1.82) is 0 Å². The van der Waals surface area contributed by atoms with Gasteiger partial charge < -0.3 is 13.9 Å². The van der Waals surface area contributed by atoms with E-state index in [2.05, 4.69) is 9.62 Å². The number of ether oxygens (including phenoxy) is 2. The van der Waals surface area contributed by atoms with Crippen LogP contribution in [-0.4, -0.2) is 65.0 Å². The minimum Gasteiger partial charge on any atom is -0.469 e. The van der Waals surface area contributed by atoms with Gasteiger partial charge in [-0.1, -0.05) is 30.3 Å². The van der Waals surface area contributed by atoms with Crippen LogP contribution in [0.4, 0.5) is 0 Å². The molecule has 0 saturated carbocycles. The fourth-order valence-electron chi connectivity index (χ4n) is 3.54. The molecule has 30 heavy (non-hydrogen) atoms. The van der Waals surface area contributed by atoms with Crippen LogP contribution in [-0.2, 0) is 24.3 Å². The highest BCUT2D eigenvalue weighted by atomic mass is 32.2. The standard InChI is InChI=1S/C21H28N2O6S/c1-16-8-9-20(29-16)19(23-10-12-28-13-11-23)14-22-30(25,26)15-18(21(24)27-2)17-6-4-3-5-7-17/h3-9,18-19,22H,10-15H2,1-2H3/t18-,19-/m0/s1. The lowest BCUT2D eigenvalue weighted by atomic mass is 10.0. The number of furan rings is 1. The Kier molecular flexibility index (Phi) is 7.65. The molecule has 1 fully saturated rings. The van der Waals surface area contributed by atoms with E-state index in [0.29, 0.717) is 37.6 Å². The number of nitrogens with zero attached hydrogens (tertiary/aromatic N) is 1. The fourth-order valence-corrected chi connectivity index (χ4v) is 4.84. The SMILES string of the molecule is COC(=O)[C@@H](CS(=O)(=O)NC[C@@H](c1ccc(C)o1)N1CCOCC1)c1ccccc1. The molecule has 0 spiro atoms. The molecular formula is C21H28N2O6S. The normalized spacial score (nSPS) is 17.4. The Bertz CT molecular complexity index is 922. The molecule has 0 bridgehead atoms. The molecule has 8 nitrogen and oxygen atoms in total. The van der Waals surface area contributed by atoms with Gasteiger partial charge in [-0.15, -0.1) is 0 Å². The highest BCUT2D eigenvalue weighted by Crippen LogP contribution is 2.24. The van der Waals surface area contributed by atoms with E-state index in [1.165, 1.54) is 7.11 Å². The molecule has 2 aromatic rings. The highest BCUT2D eigenvalue weighted by molar-refractivity contribution is 7.89. The second-order valence-electron chi connectivity index (χ2n) is 7.23. The lowest BCUT2D eigenvalue weighted by molar-refractivity contribution is -0.141. The van der Waals surface area contributed by atoms with E-state index in [9.17, 15) is 13.2 Å². The van der Waals surface area contributed by atoms with Crippen LogP contribution in [0.2, 0.25) is 0 Å². The number of hydrogen-bond donors (Lipinski definition) is 1. The summed E-state index contributed by atoms with van der Waals surface area (Å²) in [7, 11) is -2.51. The minimum atomic E-state index is -3.77. The number of aryl methyl sites for hydroxylation is 1. The molecule has 9 heteroatoms. The van der Waals surface area contributed by atoms with Gasteiger partial charge in [-0.25, -0.2) is 13.1 Å². The molecule has 0 aliphatic carbocycles. The molecule has 2 heterocycles. The van der Waals surface area contributed by atoms with Gasteiger partial charge in [-0.2, -0.15) is 0 Å². The number of methoxy groups -OCH3 is 1. The fraction of sp³-hybridized carbons (Fsp3) is 0.476. The van der Waals surface area contributed by atoms with E-state index in [1.54, 1.807) is 24.3 Å². The number of carbonyl (C=O) groups is 1. The summed E-state index contributed by atoms with van der Waals surface area (Å²) in [6.07, 6.45) is 0. The van der Waals surface area contributed by atoms with Crippen molar-refractivity contribution in [3.05, 3.63) is 59.5 Å². The van der Waals surface area contributed by atoms with E-state index in [0.717, 1.165) is 5.76 Å². The van der Waals surface area contributed by atoms with E-state index in [1.807, 2.05) is 25.1 Å². The first-order valence-corrected chi connectivity index (χ1v) is 11.5. The van der Waals surface area contributed by atoms with Gasteiger partial charge in [0.15, 0.2) is 0 Å². The number of carbonyl (C=O) groups excluding carboxylic acids is 1. The van der Waals surface area contributed by atoms with Gasteiger partial charge in [-0.3, -0.25) is 9.69 Å². The van der Waals surface area contributed by atoms with Gasteiger partial charge in [0.05, 0.1) is 38.0 Å². The summed E-state index contributed by atoms with van der Waals surface area (Å²) < 4.78 is 44.4. The third kappa shape index (κ3) is 5.91. The van der Waals surface area contributed by atoms with Crippen molar-refractivity contribution in [1.82, 2.24) is 9.62 Å². The Morgan fingerprint density at radius 1 is 1.17 bits per heavy atom. The van der Waals surface area contributed by atoms with E-state index >= 15 is 0 Å². The zero-order chi connectivity index (χ0) is 21.6. The van der Waals surface area contributed by atoms with E-state index in [4.69, 9.17) is 13.9 Å². The summed E-state index contributed by atoms with van der Waals surface area (Å²) in [5.74, 6) is -0.415. The number of esters is 1. The predicted octanol–water partition coefficient (Wildman–Crippen LogP) is 1.84. The highest BCUT2D eigenvalue weighted by Gasteiger charge is 2.30. The zero-order valence-electron chi connectivity index (χ0n) is 17.2. The van der Waals surface area contributed by atoms with Crippen LogP contribution < -0.4 is 4.72 Å². The monoisotopic (exact) mass is 436 g/mol. The van der Waals surface area contributed by atoms with E-state index in [-0.39, 0.29) is 12.6 Å². The third-order valence-corrected chi connectivity index (χ3v) is 6.53. The number of nitrogens with one attached hydrogen (secondary N) is 1. The molecule has 1 aromatic carbocycles. The lowest BCUT2D eigenvalue weighted by Crippen LogP contribution is -2.44. The van der Waals surface area contributed by atoms with Gasteiger partial charge in [-0.05, 0) is 24.6 Å². The van der Waals surface area contributed by atoms with Crippen LogP contribution in [0.25, 0.3) is 0 Å². The zero-order valence-corrected chi connectivity index (χ0v) is 18.1. The Morgan fingerprint density at radius 3 is 2.47 bits per heavy atom. The maximum absolute atomic E-state index is 12.9. The predicted molar refractivity (Wildman–Crippen MR) is 112 cm³/mol. The maximum atomic E-state index is 12.9. The van der Waals surface area contributed by atoms with Crippen LogP contribution in [0.15, 0.2) is 46.9 Å². The summed E-state index contributed by atoms with van der Waals surface area (Å²) in [6, 6.07) is 12.2. The average Bonchev–Trinajstić information content (AvgIpc) is 3.19. The van der Waals surface area contributed by atoms with Crippen molar-refractivity contribution in [3.8, 4) is 0 Å². The van der Waals surface area contributed by atoms with Gasteiger partial charge in [0.25, 0.3) is 0 Å². The van der Waals surface area contributed by atoms with Crippen molar-refractivity contribution >= 4 is 16.0 Å². The first-order chi connectivity index (χ1) is 14.4. The smallest absolute Gasteiger partial charge is 0.314 e. The van der Waals surface area contributed by atoms with Crippen molar-refractivity contribution in [2.45, 2.75) is 18.9 Å². The van der Waals surface area contributed by atoms with Crippen molar-refractivity contribution in [2.24, 2.45) is 0 Å². The minimum absolute atomic E-state index is 0.137. The third-order valence-electron chi connectivity index (χ3n) is 5.15. The van der Waals surface area contributed by atoms with E-state index < -0.39 is 27.7 Å². The molecule has 0 unspecified atom stereocenters. The maximum Gasteiger partial charge on any atom is 0.314 e. The Balaban J connectivity index is 1.73. The molecular weight excluding hydrogens is 408 g/mol. The number of benzene rings is 1. The topological polar surface area (TPSA) is 98.1 Å². The van der Waals surface area contributed by atoms with Gasteiger partial charge >= 0.3 is 5.97 Å². The number of morpholine rings is 1. The van der Waals surface area contributed by atoms with Crippen LogP contribution >= 0.6 is 0 Å². The number of rotatable bonds is 9. The molecule has 1 aliphatic heterocycles. The second kappa shape index (κ2) is 10.2. The first-order valence-electron chi connectivity index (χ1n) is 9.88. The lowest BCUT2D eigenvalue weighted by Gasteiger charge is -2.33. The van der Waals surface area contributed by atoms with Crippen molar-refractivity contribution in [2.75, 3.05) is 45.7 Å². The van der Waals surface area contributed by atoms with Gasteiger partial charge in [0.2, 0.25) is 10.0 Å². The summed E-state index contributed by atoms with van der Waals surface area (Å²) >= 11 is 0. The van der Waals surface area contributed by atoms with Crippen LogP contribution in [0.1, 0.15) is 29.0 Å². The van der Waals surface area contributed by atoms with Crippen molar-refractivity contribution < 1.29 is 27.1 Å². The molecule has 2 atom stereocenters. The molecule has 0 radical (unpaired) electrons. The summed E-state index contributed by atoms with van der Waals surface area (Å²) in [6.45, 7) is 4.52. The second-order valence-corrected chi connectivity index (χ2v) is 9.08. The van der Waals surface area contributed by atoms with Gasteiger partial charge in [0.1, 0.15) is 11.5 Å². The molecule has 1 aliphatic rings. The number of hydrogen-bond acceptors (Lipinski definition) is 7. The quantitative estimate of drug-likeness (QED) is 0.599. The Labute approximate surface area is 177 Å². The van der Waals surface area contributed by atoms with Crippen LogP contribution in [0.3, 0.4) is 0 Å². The summed E-state index contributed by atoms with van der Waals surface area (Å²) in [5.41, 5.74) is 0.598. The van der Waals surface area contributed by atoms with Crippen LogP contribution in [0, 0.1) is 6.92 Å². The summed E-state index contributed by atoms with van der Waals surface area (Å²) in [4.78, 5) is 14.4. The van der Waals surface area contributed by atoms with Gasteiger partial charge in [0, 0.05) is 19.6 Å². The Morgan fingerprint density at radius 2 is 1.87 bits per heavy atom. The average molecular weight is 437 g/mol. The molecule has 1 saturated heterocycles. The number of sulfonamides is 1. The molecule has 1 N–H and O–H groups in total. The van der Waals surface area contributed by atoms with Crippen molar-refractivity contribution in [3.63, 3.8) is 0 Å².